The van der Waals surface area contributed by atoms with Gasteiger partial charge in [-0.25, -0.2) is 0 Å². The van der Waals surface area contributed by atoms with Crippen LogP contribution >= 0.6 is 0 Å². The standard InChI is InChI=1S/C17H26N2O2/c1-2-15-8-6-7-12-19(15)14-17(20)18-11-13-21-16-9-4-3-5-10-16/h3-5,9-10,15H,2,6-8,11-14H2,1H3,(H,18,20). The number of likely N-dealkylation sites (tertiary alicyclic amines) is 1. The van der Waals surface area contributed by atoms with Crippen molar-refractivity contribution in [1.29, 1.82) is 0 Å². The minimum Gasteiger partial charge on any atom is -0.492 e. The van der Waals surface area contributed by atoms with E-state index < -0.39 is 0 Å². The van der Waals surface area contributed by atoms with Gasteiger partial charge >= 0.3 is 0 Å². The number of hydrogen-bond donors (Lipinski definition) is 1. The van der Waals surface area contributed by atoms with Crippen molar-refractivity contribution < 1.29 is 9.53 Å². The van der Waals surface area contributed by atoms with Crippen LogP contribution in [0.15, 0.2) is 30.3 Å². The van der Waals surface area contributed by atoms with E-state index in [-0.39, 0.29) is 5.91 Å². The van der Waals surface area contributed by atoms with Gasteiger partial charge in [0.2, 0.25) is 5.91 Å². The molecule has 1 amide bonds. The van der Waals surface area contributed by atoms with Gasteiger partial charge in [0.15, 0.2) is 0 Å². The number of nitrogens with one attached hydrogen (secondary N) is 1. The third-order valence-corrected chi connectivity index (χ3v) is 4.00. The molecule has 116 valence electrons. The van der Waals surface area contributed by atoms with Crippen molar-refractivity contribution in [3.8, 4) is 5.75 Å². The van der Waals surface area contributed by atoms with E-state index >= 15 is 0 Å². The van der Waals surface area contributed by atoms with Crippen molar-refractivity contribution in [3.05, 3.63) is 30.3 Å². The van der Waals surface area contributed by atoms with Crippen LogP contribution in [-0.2, 0) is 4.79 Å². The molecule has 2 rings (SSSR count). The Hall–Kier alpha value is -1.55. The maximum atomic E-state index is 12.0. The average Bonchev–Trinajstić information content (AvgIpc) is 2.53. The van der Waals surface area contributed by atoms with Gasteiger partial charge < -0.3 is 10.1 Å². The zero-order chi connectivity index (χ0) is 14.9. The quantitative estimate of drug-likeness (QED) is 0.784. The third-order valence-electron chi connectivity index (χ3n) is 4.00. The first-order valence-electron chi connectivity index (χ1n) is 7.98. The molecule has 1 aromatic carbocycles. The molecule has 1 aliphatic rings. The monoisotopic (exact) mass is 290 g/mol. The highest BCUT2D eigenvalue weighted by atomic mass is 16.5. The molecular formula is C17H26N2O2. The number of nitrogens with zero attached hydrogens (tertiary/aromatic N) is 1. The van der Waals surface area contributed by atoms with Gasteiger partial charge in [0, 0.05) is 6.04 Å². The Morgan fingerprint density at radius 1 is 1.33 bits per heavy atom. The number of para-hydroxylation sites is 1. The summed E-state index contributed by atoms with van der Waals surface area (Å²) in [6.45, 7) is 4.83. The molecule has 4 nitrogen and oxygen atoms in total. The molecule has 1 unspecified atom stereocenters. The number of rotatable bonds is 7. The largest absolute Gasteiger partial charge is 0.492 e. The summed E-state index contributed by atoms with van der Waals surface area (Å²) < 4.78 is 5.56. The van der Waals surface area contributed by atoms with E-state index in [1.54, 1.807) is 0 Å². The molecule has 1 saturated heterocycles. The first-order chi connectivity index (χ1) is 10.3. The Morgan fingerprint density at radius 3 is 2.90 bits per heavy atom. The first kappa shape index (κ1) is 15.8. The number of piperidine rings is 1. The SMILES string of the molecule is CCC1CCCCN1CC(=O)NCCOc1ccccc1. The topological polar surface area (TPSA) is 41.6 Å². The van der Waals surface area contributed by atoms with Gasteiger partial charge in [-0.3, -0.25) is 9.69 Å². The van der Waals surface area contributed by atoms with Crippen molar-refractivity contribution in [2.24, 2.45) is 0 Å². The molecule has 0 aliphatic carbocycles. The molecule has 0 bridgehead atoms. The van der Waals surface area contributed by atoms with Crippen LogP contribution in [0.3, 0.4) is 0 Å². The lowest BCUT2D eigenvalue weighted by Crippen LogP contribution is -2.45. The zero-order valence-corrected chi connectivity index (χ0v) is 12.9. The van der Waals surface area contributed by atoms with Gasteiger partial charge in [-0.2, -0.15) is 0 Å². The molecule has 1 atom stereocenters. The fourth-order valence-electron chi connectivity index (χ4n) is 2.85. The molecule has 1 aromatic rings. The Balaban J connectivity index is 1.63. The lowest BCUT2D eigenvalue weighted by Gasteiger charge is -2.34. The van der Waals surface area contributed by atoms with E-state index in [1.165, 1.54) is 19.3 Å². The fourth-order valence-corrected chi connectivity index (χ4v) is 2.85. The van der Waals surface area contributed by atoms with Gasteiger partial charge in [-0.1, -0.05) is 31.5 Å². The van der Waals surface area contributed by atoms with E-state index in [2.05, 4.69) is 17.1 Å². The smallest absolute Gasteiger partial charge is 0.234 e. The van der Waals surface area contributed by atoms with Gasteiger partial charge in [0.25, 0.3) is 0 Å². The van der Waals surface area contributed by atoms with Crippen molar-refractivity contribution in [2.45, 2.75) is 38.6 Å². The van der Waals surface area contributed by atoms with E-state index in [4.69, 9.17) is 4.74 Å². The van der Waals surface area contributed by atoms with Crippen LogP contribution in [0.4, 0.5) is 0 Å². The maximum absolute atomic E-state index is 12.0. The summed E-state index contributed by atoms with van der Waals surface area (Å²) in [4.78, 5) is 14.3. The third kappa shape index (κ3) is 5.38. The van der Waals surface area contributed by atoms with Crippen LogP contribution in [0.1, 0.15) is 32.6 Å². The highest BCUT2D eigenvalue weighted by Gasteiger charge is 2.22. The minimum absolute atomic E-state index is 0.104. The van der Waals surface area contributed by atoms with Crippen molar-refractivity contribution >= 4 is 5.91 Å². The van der Waals surface area contributed by atoms with Crippen molar-refractivity contribution in [1.82, 2.24) is 10.2 Å². The summed E-state index contributed by atoms with van der Waals surface area (Å²) in [7, 11) is 0. The second-order valence-corrected chi connectivity index (χ2v) is 5.54. The number of benzene rings is 1. The Labute approximate surface area is 127 Å². The summed E-state index contributed by atoms with van der Waals surface area (Å²) in [6.07, 6.45) is 4.85. The fraction of sp³-hybridized carbons (Fsp3) is 0.588. The molecular weight excluding hydrogens is 264 g/mol. The zero-order valence-electron chi connectivity index (χ0n) is 12.9. The van der Waals surface area contributed by atoms with Crippen molar-refractivity contribution in [2.75, 3.05) is 26.2 Å². The molecule has 0 aromatic heterocycles. The van der Waals surface area contributed by atoms with E-state index in [0.29, 0.717) is 25.7 Å². The highest BCUT2D eigenvalue weighted by molar-refractivity contribution is 5.78. The number of hydrogen-bond acceptors (Lipinski definition) is 3. The number of carbonyl (C=O) groups is 1. The van der Waals surface area contributed by atoms with Gasteiger partial charge in [0.05, 0.1) is 13.1 Å². The van der Waals surface area contributed by atoms with Gasteiger partial charge in [-0.05, 0) is 37.9 Å². The van der Waals surface area contributed by atoms with Gasteiger partial charge in [-0.15, -0.1) is 0 Å². The second kappa shape index (κ2) is 8.67. The summed E-state index contributed by atoms with van der Waals surface area (Å²) in [5, 5.41) is 2.94. The Morgan fingerprint density at radius 2 is 2.14 bits per heavy atom. The molecule has 1 aliphatic heterocycles. The lowest BCUT2D eigenvalue weighted by atomic mass is 10.0. The van der Waals surface area contributed by atoms with E-state index in [0.717, 1.165) is 18.7 Å². The Kier molecular flexibility index (Phi) is 6.54. The summed E-state index contributed by atoms with van der Waals surface area (Å²) in [5.41, 5.74) is 0. The van der Waals surface area contributed by atoms with E-state index in [9.17, 15) is 4.79 Å². The van der Waals surface area contributed by atoms with Crippen LogP contribution in [-0.4, -0.2) is 43.1 Å². The highest BCUT2D eigenvalue weighted by Crippen LogP contribution is 2.18. The van der Waals surface area contributed by atoms with Gasteiger partial charge in [0.1, 0.15) is 12.4 Å². The molecule has 1 N–H and O–H groups in total. The average molecular weight is 290 g/mol. The second-order valence-electron chi connectivity index (χ2n) is 5.54. The summed E-state index contributed by atoms with van der Waals surface area (Å²) in [5.74, 6) is 0.945. The minimum atomic E-state index is 0.104. The van der Waals surface area contributed by atoms with Crippen LogP contribution < -0.4 is 10.1 Å². The van der Waals surface area contributed by atoms with Crippen LogP contribution in [0.25, 0.3) is 0 Å². The molecule has 0 spiro atoms. The van der Waals surface area contributed by atoms with E-state index in [1.807, 2.05) is 30.3 Å². The first-order valence-corrected chi connectivity index (χ1v) is 7.98. The molecule has 1 heterocycles. The predicted octanol–water partition coefficient (Wildman–Crippen LogP) is 2.45. The molecule has 0 radical (unpaired) electrons. The van der Waals surface area contributed by atoms with Crippen LogP contribution in [0.2, 0.25) is 0 Å². The maximum Gasteiger partial charge on any atom is 0.234 e. The lowest BCUT2D eigenvalue weighted by molar-refractivity contribution is -0.123. The Bertz CT molecular complexity index is 422. The summed E-state index contributed by atoms with van der Waals surface area (Å²) in [6, 6.07) is 10.2. The molecule has 1 fully saturated rings. The number of carbonyl (C=O) groups excluding carboxylic acids is 1. The van der Waals surface area contributed by atoms with Crippen LogP contribution in [0, 0.1) is 0 Å². The number of amides is 1. The van der Waals surface area contributed by atoms with Crippen LogP contribution in [0.5, 0.6) is 5.75 Å². The number of ether oxygens (including phenoxy) is 1. The molecule has 0 saturated carbocycles. The van der Waals surface area contributed by atoms with Crippen molar-refractivity contribution in [3.63, 3.8) is 0 Å². The normalized spacial score (nSPS) is 19.2. The predicted molar refractivity (Wildman–Crippen MR) is 84.4 cm³/mol. The summed E-state index contributed by atoms with van der Waals surface area (Å²) >= 11 is 0. The molecule has 21 heavy (non-hydrogen) atoms. The molecule has 4 heteroatoms.